The van der Waals surface area contributed by atoms with Gasteiger partial charge in [-0.25, -0.2) is 18.1 Å². The van der Waals surface area contributed by atoms with E-state index in [4.69, 9.17) is 4.74 Å². The molecule has 6 nitrogen and oxygen atoms in total. The molecule has 0 unspecified atom stereocenters. The minimum atomic E-state index is -3.46. The molecule has 0 aliphatic carbocycles. The van der Waals surface area contributed by atoms with Gasteiger partial charge in [0.1, 0.15) is 0 Å². The van der Waals surface area contributed by atoms with Crippen molar-refractivity contribution in [3.8, 4) is 0 Å². The molecule has 1 aromatic heterocycles. The number of rotatable bonds is 6. The van der Waals surface area contributed by atoms with Gasteiger partial charge in [0.05, 0.1) is 6.33 Å². The van der Waals surface area contributed by atoms with Gasteiger partial charge >= 0.3 is 0 Å². The van der Waals surface area contributed by atoms with E-state index in [9.17, 15) is 8.42 Å². The van der Waals surface area contributed by atoms with Crippen LogP contribution in [0.4, 0.5) is 0 Å². The molecule has 0 saturated heterocycles. The number of hydrogen-bond acceptors (Lipinski definition) is 4. The largest absolute Gasteiger partial charge is 0.385 e. The van der Waals surface area contributed by atoms with Crippen LogP contribution < -0.4 is 4.72 Å². The first kappa shape index (κ1) is 12.2. The van der Waals surface area contributed by atoms with Crippen molar-refractivity contribution < 1.29 is 13.2 Å². The third-order valence-electron chi connectivity index (χ3n) is 1.77. The lowest BCUT2D eigenvalue weighted by molar-refractivity contribution is 0.196. The molecule has 0 aliphatic heterocycles. The number of sulfonamides is 1. The quantitative estimate of drug-likeness (QED) is 0.687. The van der Waals surface area contributed by atoms with Gasteiger partial charge in [-0.1, -0.05) is 0 Å². The highest BCUT2D eigenvalue weighted by Crippen LogP contribution is 2.03. The summed E-state index contributed by atoms with van der Waals surface area (Å²) in [7, 11) is -0.162. The van der Waals surface area contributed by atoms with E-state index >= 15 is 0 Å². The molecule has 1 aromatic rings. The molecule has 0 fully saturated rings. The van der Waals surface area contributed by atoms with Gasteiger partial charge in [-0.2, -0.15) is 0 Å². The average Bonchev–Trinajstić information content (AvgIpc) is 2.60. The second-order valence-corrected chi connectivity index (χ2v) is 4.84. The Balaban J connectivity index is 2.53. The molecule has 0 saturated carbocycles. The van der Waals surface area contributed by atoms with E-state index in [2.05, 4.69) is 9.71 Å². The summed E-state index contributed by atoms with van der Waals surface area (Å²) in [4.78, 5) is 3.77. The van der Waals surface area contributed by atoms with E-state index in [1.807, 2.05) is 0 Å². The van der Waals surface area contributed by atoms with Gasteiger partial charge < -0.3 is 9.30 Å². The third kappa shape index (κ3) is 3.61. The van der Waals surface area contributed by atoms with Crippen molar-refractivity contribution >= 4 is 10.0 Å². The topological polar surface area (TPSA) is 73.2 Å². The first-order valence-corrected chi connectivity index (χ1v) is 6.01. The summed E-state index contributed by atoms with van der Waals surface area (Å²) < 4.78 is 32.0. The Kier molecular flexibility index (Phi) is 4.25. The van der Waals surface area contributed by atoms with Crippen LogP contribution in [0.3, 0.4) is 0 Å². The maximum absolute atomic E-state index is 11.6. The van der Waals surface area contributed by atoms with Crippen LogP contribution >= 0.6 is 0 Å². The van der Waals surface area contributed by atoms with Crippen molar-refractivity contribution in [2.24, 2.45) is 7.05 Å². The zero-order valence-corrected chi connectivity index (χ0v) is 9.62. The fourth-order valence-corrected chi connectivity index (χ4v) is 2.08. The van der Waals surface area contributed by atoms with Crippen LogP contribution in [0.15, 0.2) is 17.6 Å². The molecule has 1 heterocycles. The summed E-state index contributed by atoms with van der Waals surface area (Å²) in [6.07, 6.45) is 3.55. The Hall–Kier alpha value is -0.920. The molecule has 0 aliphatic rings. The molecule has 1 rings (SSSR count). The summed E-state index contributed by atoms with van der Waals surface area (Å²) in [5.41, 5.74) is 0. The highest BCUT2D eigenvalue weighted by atomic mass is 32.2. The number of hydrogen-bond donors (Lipinski definition) is 1. The molecule has 0 aromatic carbocycles. The second kappa shape index (κ2) is 5.24. The summed E-state index contributed by atoms with van der Waals surface area (Å²) in [5.74, 6) is 0. The van der Waals surface area contributed by atoms with Crippen LogP contribution in [-0.2, 0) is 21.8 Å². The first-order chi connectivity index (χ1) is 7.06. The maximum atomic E-state index is 11.6. The molecule has 0 amide bonds. The van der Waals surface area contributed by atoms with E-state index < -0.39 is 10.0 Å². The third-order valence-corrected chi connectivity index (χ3v) is 3.12. The molecule has 7 heteroatoms. The van der Waals surface area contributed by atoms with Crippen molar-refractivity contribution in [2.45, 2.75) is 11.4 Å². The number of aryl methyl sites for hydroxylation is 1. The Labute approximate surface area is 89.3 Å². The Bertz CT molecular complexity index is 399. The number of ether oxygens (including phenoxy) is 1. The molecule has 0 spiro atoms. The molecule has 1 N–H and O–H groups in total. The average molecular weight is 233 g/mol. The first-order valence-electron chi connectivity index (χ1n) is 4.53. The lowest BCUT2D eigenvalue weighted by Gasteiger charge is -2.03. The number of nitrogens with one attached hydrogen (secondary N) is 1. The van der Waals surface area contributed by atoms with Gasteiger partial charge in [-0.3, -0.25) is 0 Å². The molecule has 86 valence electrons. The van der Waals surface area contributed by atoms with Gasteiger partial charge in [0.2, 0.25) is 0 Å². The minimum absolute atomic E-state index is 0.0439. The van der Waals surface area contributed by atoms with E-state index in [0.29, 0.717) is 19.6 Å². The number of aromatic nitrogens is 2. The second-order valence-electron chi connectivity index (χ2n) is 3.12. The van der Waals surface area contributed by atoms with E-state index in [0.717, 1.165) is 0 Å². The van der Waals surface area contributed by atoms with Crippen LogP contribution in [0.5, 0.6) is 0 Å². The van der Waals surface area contributed by atoms with Crippen LogP contribution in [0.1, 0.15) is 6.42 Å². The Morgan fingerprint density at radius 2 is 2.33 bits per heavy atom. The monoisotopic (exact) mass is 233 g/mol. The van der Waals surface area contributed by atoms with Gasteiger partial charge in [0, 0.05) is 33.5 Å². The zero-order chi connectivity index (χ0) is 11.3. The van der Waals surface area contributed by atoms with Crippen LogP contribution in [-0.4, -0.2) is 38.2 Å². The normalized spacial score (nSPS) is 11.9. The van der Waals surface area contributed by atoms with Gasteiger partial charge in [0.25, 0.3) is 10.0 Å². The van der Waals surface area contributed by atoms with Crippen molar-refractivity contribution in [3.05, 3.63) is 12.5 Å². The smallest absolute Gasteiger partial charge is 0.259 e. The minimum Gasteiger partial charge on any atom is -0.385 e. The van der Waals surface area contributed by atoms with Crippen LogP contribution in [0.25, 0.3) is 0 Å². The summed E-state index contributed by atoms with van der Waals surface area (Å²) >= 11 is 0. The summed E-state index contributed by atoms with van der Waals surface area (Å²) in [5, 5.41) is 0.0439. The standard InChI is InChI=1S/C8H15N3O3S/c1-11-6-8(9-7-11)15(12,13)10-4-3-5-14-2/h6-7,10H,3-5H2,1-2H3. The molecule has 15 heavy (non-hydrogen) atoms. The summed E-state index contributed by atoms with van der Waals surface area (Å²) in [6, 6.07) is 0. The number of methoxy groups -OCH3 is 1. The maximum Gasteiger partial charge on any atom is 0.259 e. The SMILES string of the molecule is COCCCNS(=O)(=O)c1cn(C)cn1. The molecular weight excluding hydrogens is 218 g/mol. The van der Waals surface area contributed by atoms with E-state index in [-0.39, 0.29) is 5.03 Å². The highest BCUT2D eigenvalue weighted by Gasteiger charge is 2.15. The van der Waals surface area contributed by atoms with Crippen molar-refractivity contribution in [1.29, 1.82) is 0 Å². The van der Waals surface area contributed by atoms with Crippen LogP contribution in [0.2, 0.25) is 0 Å². The van der Waals surface area contributed by atoms with E-state index in [1.54, 1.807) is 18.7 Å². The molecule has 0 radical (unpaired) electrons. The number of imidazole rings is 1. The van der Waals surface area contributed by atoms with Crippen LogP contribution in [0, 0.1) is 0 Å². The fourth-order valence-electron chi connectivity index (χ4n) is 1.02. The van der Waals surface area contributed by atoms with E-state index in [1.165, 1.54) is 12.5 Å². The van der Waals surface area contributed by atoms with Crippen molar-refractivity contribution in [1.82, 2.24) is 14.3 Å². The van der Waals surface area contributed by atoms with Gasteiger partial charge in [-0.05, 0) is 6.42 Å². The van der Waals surface area contributed by atoms with Crippen molar-refractivity contribution in [2.75, 3.05) is 20.3 Å². The predicted octanol–water partition coefficient (Wildman–Crippen LogP) is -0.265. The van der Waals surface area contributed by atoms with Crippen molar-refractivity contribution in [3.63, 3.8) is 0 Å². The predicted molar refractivity (Wildman–Crippen MR) is 54.9 cm³/mol. The van der Waals surface area contributed by atoms with Gasteiger partial charge in [0.15, 0.2) is 5.03 Å². The summed E-state index contributed by atoms with van der Waals surface area (Å²) in [6.45, 7) is 0.886. The zero-order valence-electron chi connectivity index (χ0n) is 8.80. The molecular formula is C8H15N3O3S. The lowest BCUT2D eigenvalue weighted by Crippen LogP contribution is -2.25. The molecule has 0 bridgehead atoms. The molecule has 0 atom stereocenters. The fraction of sp³-hybridized carbons (Fsp3) is 0.625. The Morgan fingerprint density at radius 3 is 2.87 bits per heavy atom. The highest BCUT2D eigenvalue weighted by molar-refractivity contribution is 7.89. The Morgan fingerprint density at radius 1 is 1.60 bits per heavy atom. The number of nitrogens with zero attached hydrogens (tertiary/aromatic N) is 2. The lowest BCUT2D eigenvalue weighted by atomic mass is 10.5. The van der Waals surface area contributed by atoms with Gasteiger partial charge in [-0.15, -0.1) is 0 Å².